The second-order valence-electron chi connectivity index (χ2n) is 5.62. The molecule has 1 saturated heterocycles. The van der Waals surface area contributed by atoms with Gasteiger partial charge in [0.25, 0.3) is 0 Å². The van der Waals surface area contributed by atoms with Crippen LogP contribution in [0.15, 0.2) is 23.3 Å². The van der Waals surface area contributed by atoms with E-state index in [-0.39, 0.29) is 24.1 Å². The summed E-state index contributed by atoms with van der Waals surface area (Å²) in [6.45, 7) is 2.97. The zero-order valence-electron chi connectivity index (χ0n) is 13.7. The van der Waals surface area contributed by atoms with E-state index in [1.54, 1.807) is 25.1 Å². The molecule has 132 valence electrons. The van der Waals surface area contributed by atoms with Gasteiger partial charge in [-0.2, -0.15) is 5.10 Å². The largest absolute Gasteiger partial charge is 0.461 e. The van der Waals surface area contributed by atoms with Crippen LogP contribution in [0.3, 0.4) is 0 Å². The van der Waals surface area contributed by atoms with Crippen LogP contribution < -0.4 is 5.43 Å². The second kappa shape index (κ2) is 7.67. The molecule has 1 aliphatic heterocycles. The molecule has 0 spiro atoms. The number of nitrogens with one attached hydrogen (secondary N) is 2. The van der Waals surface area contributed by atoms with Gasteiger partial charge in [-0.1, -0.05) is 17.7 Å². The molecule has 1 unspecified atom stereocenters. The number of carbonyl (C=O) groups excluding carboxylic acids is 2. The van der Waals surface area contributed by atoms with Crippen LogP contribution in [-0.2, 0) is 14.3 Å². The highest BCUT2D eigenvalue weighted by Gasteiger charge is 2.23. The molecule has 2 N–H and O–H groups in total. The number of aromatic amines is 1. The summed E-state index contributed by atoms with van der Waals surface area (Å²) in [5.74, 6) is -0.885. The number of rotatable bonds is 5. The quantitative estimate of drug-likeness (QED) is 0.485. The number of hydrazone groups is 1. The number of ether oxygens (including phenoxy) is 2. The molecule has 2 heterocycles. The van der Waals surface area contributed by atoms with Gasteiger partial charge >= 0.3 is 5.97 Å². The number of nitrogens with zero attached hydrogens (tertiary/aromatic N) is 1. The molecule has 1 aromatic heterocycles. The monoisotopic (exact) mass is 363 g/mol. The van der Waals surface area contributed by atoms with Gasteiger partial charge in [0, 0.05) is 28.1 Å². The van der Waals surface area contributed by atoms with Crippen LogP contribution in [0, 0.1) is 5.92 Å². The van der Waals surface area contributed by atoms with Crippen molar-refractivity contribution in [1.82, 2.24) is 10.4 Å². The number of hydrogen-bond acceptors (Lipinski definition) is 5. The Labute approximate surface area is 149 Å². The highest BCUT2D eigenvalue weighted by molar-refractivity contribution is 6.31. The molecule has 25 heavy (non-hydrogen) atoms. The van der Waals surface area contributed by atoms with Crippen LogP contribution in [0.25, 0.3) is 10.9 Å². The minimum absolute atomic E-state index is 0.191. The van der Waals surface area contributed by atoms with E-state index in [0.717, 1.165) is 5.39 Å². The maximum Gasteiger partial charge on any atom is 0.355 e. The molecule has 7 nitrogen and oxygen atoms in total. The summed E-state index contributed by atoms with van der Waals surface area (Å²) in [7, 11) is 0. The van der Waals surface area contributed by atoms with Crippen LogP contribution >= 0.6 is 11.6 Å². The fraction of sp³-hybridized carbons (Fsp3) is 0.353. The van der Waals surface area contributed by atoms with E-state index < -0.39 is 5.97 Å². The van der Waals surface area contributed by atoms with Gasteiger partial charge in [-0.05, 0) is 25.5 Å². The summed E-state index contributed by atoms with van der Waals surface area (Å²) >= 11 is 6.00. The van der Waals surface area contributed by atoms with Crippen LogP contribution in [0.4, 0.5) is 0 Å². The van der Waals surface area contributed by atoms with E-state index in [0.29, 0.717) is 35.7 Å². The summed E-state index contributed by atoms with van der Waals surface area (Å²) in [6, 6.07) is 5.22. The minimum atomic E-state index is -0.494. The molecule has 3 rings (SSSR count). The van der Waals surface area contributed by atoms with Gasteiger partial charge in [0.1, 0.15) is 5.69 Å². The van der Waals surface area contributed by atoms with Crippen LogP contribution in [-0.4, -0.2) is 42.9 Å². The second-order valence-corrected chi connectivity index (χ2v) is 6.06. The van der Waals surface area contributed by atoms with Crippen molar-refractivity contribution in [2.24, 2.45) is 11.0 Å². The lowest BCUT2D eigenvalue weighted by Gasteiger charge is -2.04. The SMILES string of the molecule is CCOC(=O)c1[nH]c2cc(Cl)ccc2c1/C=N/NC(=O)C1CCOC1. The van der Waals surface area contributed by atoms with Crippen molar-refractivity contribution >= 4 is 40.6 Å². The fourth-order valence-corrected chi connectivity index (χ4v) is 2.85. The Morgan fingerprint density at radius 2 is 2.36 bits per heavy atom. The summed E-state index contributed by atoms with van der Waals surface area (Å²) in [5.41, 5.74) is 3.98. The number of halogens is 1. The Bertz CT molecular complexity index is 825. The predicted molar refractivity (Wildman–Crippen MR) is 93.9 cm³/mol. The Balaban J connectivity index is 1.87. The number of fused-ring (bicyclic) bond motifs is 1. The van der Waals surface area contributed by atoms with Gasteiger partial charge in [-0.25, -0.2) is 10.2 Å². The van der Waals surface area contributed by atoms with Gasteiger partial charge in [0.2, 0.25) is 5.91 Å². The number of hydrogen-bond donors (Lipinski definition) is 2. The van der Waals surface area contributed by atoms with Crippen molar-refractivity contribution in [1.29, 1.82) is 0 Å². The van der Waals surface area contributed by atoms with Crippen LogP contribution in [0.1, 0.15) is 29.4 Å². The van der Waals surface area contributed by atoms with E-state index in [4.69, 9.17) is 21.1 Å². The zero-order valence-corrected chi connectivity index (χ0v) is 14.4. The van der Waals surface area contributed by atoms with Crippen LogP contribution in [0.2, 0.25) is 5.02 Å². The van der Waals surface area contributed by atoms with Crippen molar-refractivity contribution < 1.29 is 19.1 Å². The molecule has 1 atom stereocenters. The van der Waals surface area contributed by atoms with Crippen LogP contribution in [0.5, 0.6) is 0 Å². The molecular formula is C17H18ClN3O4. The summed E-state index contributed by atoms with van der Waals surface area (Å²) in [6.07, 6.45) is 2.12. The van der Waals surface area contributed by atoms with Gasteiger partial charge in [-0.15, -0.1) is 0 Å². The van der Waals surface area contributed by atoms with E-state index in [1.807, 2.05) is 0 Å². The third-order valence-corrected chi connectivity index (χ3v) is 4.18. The maximum absolute atomic E-state index is 12.2. The number of amides is 1. The first-order valence-electron chi connectivity index (χ1n) is 7.99. The number of benzene rings is 1. The molecule has 0 saturated carbocycles. The topological polar surface area (TPSA) is 92.8 Å². The lowest BCUT2D eigenvalue weighted by molar-refractivity contribution is -0.124. The summed E-state index contributed by atoms with van der Waals surface area (Å²) in [4.78, 5) is 27.2. The smallest absolute Gasteiger partial charge is 0.355 e. The first-order valence-corrected chi connectivity index (χ1v) is 8.37. The third-order valence-electron chi connectivity index (χ3n) is 3.95. The zero-order chi connectivity index (χ0) is 17.8. The lowest BCUT2D eigenvalue weighted by Crippen LogP contribution is -2.27. The number of aromatic nitrogens is 1. The standard InChI is InChI=1S/C17H18ClN3O4/c1-2-25-17(23)15-13(12-4-3-11(18)7-14(12)20-15)8-19-21-16(22)10-5-6-24-9-10/h3-4,7-8,10,20H,2,5-6,9H2,1H3,(H,21,22)/b19-8+. The Morgan fingerprint density at radius 1 is 1.52 bits per heavy atom. The molecule has 8 heteroatoms. The number of esters is 1. The van der Waals surface area contributed by atoms with E-state index >= 15 is 0 Å². The molecular weight excluding hydrogens is 346 g/mol. The Kier molecular flexibility index (Phi) is 5.35. The van der Waals surface area contributed by atoms with E-state index in [9.17, 15) is 9.59 Å². The molecule has 0 aliphatic carbocycles. The van der Waals surface area contributed by atoms with Gasteiger partial charge < -0.3 is 14.5 Å². The first-order chi connectivity index (χ1) is 12.1. The van der Waals surface area contributed by atoms with E-state index in [1.165, 1.54) is 6.21 Å². The third kappa shape index (κ3) is 3.83. The van der Waals surface area contributed by atoms with Crippen molar-refractivity contribution in [3.05, 3.63) is 34.5 Å². The average molecular weight is 364 g/mol. The van der Waals surface area contributed by atoms with Gasteiger partial charge in [0.15, 0.2) is 0 Å². The highest BCUT2D eigenvalue weighted by Crippen LogP contribution is 2.25. The van der Waals surface area contributed by atoms with Crippen molar-refractivity contribution in [2.45, 2.75) is 13.3 Å². The Hall–Kier alpha value is -2.38. The summed E-state index contributed by atoms with van der Waals surface area (Å²) in [5, 5.41) is 5.30. The molecule has 1 amide bonds. The van der Waals surface area contributed by atoms with Crippen molar-refractivity contribution in [3.8, 4) is 0 Å². The molecule has 0 radical (unpaired) electrons. The molecule has 2 aromatic rings. The van der Waals surface area contributed by atoms with Crippen molar-refractivity contribution in [2.75, 3.05) is 19.8 Å². The molecule has 1 aromatic carbocycles. The fourth-order valence-electron chi connectivity index (χ4n) is 2.68. The summed E-state index contributed by atoms with van der Waals surface area (Å²) < 4.78 is 10.3. The van der Waals surface area contributed by atoms with Gasteiger partial charge in [0.05, 0.1) is 25.3 Å². The number of H-pyrrole nitrogens is 1. The van der Waals surface area contributed by atoms with E-state index in [2.05, 4.69) is 15.5 Å². The maximum atomic E-state index is 12.2. The predicted octanol–water partition coefficient (Wildman–Crippen LogP) is 2.48. The minimum Gasteiger partial charge on any atom is -0.461 e. The average Bonchev–Trinajstić information content (AvgIpc) is 3.23. The molecule has 0 bridgehead atoms. The molecule has 1 fully saturated rings. The highest BCUT2D eigenvalue weighted by atomic mass is 35.5. The normalized spacial score (nSPS) is 17.3. The molecule has 1 aliphatic rings. The first kappa shape index (κ1) is 17.4. The number of carbonyl (C=O) groups is 2. The van der Waals surface area contributed by atoms with Gasteiger partial charge in [-0.3, -0.25) is 4.79 Å². The Morgan fingerprint density at radius 3 is 3.08 bits per heavy atom. The lowest BCUT2D eigenvalue weighted by atomic mass is 10.1. The van der Waals surface area contributed by atoms with Crippen molar-refractivity contribution in [3.63, 3.8) is 0 Å².